The quantitative estimate of drug-likeness (QED) is 0.845. The van der Waals surface area contributed by atoms with E-state index >= 15 is 0 Å². The van der Waals surface area contributed by atoms with Crippen LogP contribution >= 0.6 is 0 Å². The Bertz CT molecular complexity index is 463. The van der Waals surface area contributed by atoms with Gasteiger partial charge in [0.25, 0.3) is 0 Å². The molecule has 1 aromatic carbocycles. The largest absolute Gasteiger partial charge is 0.369 e. The molecule has 2 aliphatic rings. The Morgan fingerprint density at radius 1 is 1.00 bits per heavy atom. The van der Waals surface area contributed by atoms with Crippen molar-refractivity contribution in [2.45, 2.75) is 25.7 Å². The SMILES string of the molecule is N#CC1(CN2CCN(c3ccccc3)CC2)CCCC1. The van der Waals surface area contributed by atoms with E-state index in [9.17, 15) is 5.26 Å². The normalized spacial score (nSPS) is 22.6. The first-order valence-corrected chi connectivity index (χ1v) is 7.75. The lowest BCUT2D eigenvalue weighted by molar-refractivity contribution is 0.185. The number of piperazine rings is 1. The minimum absolute atomic E-state index is 0.0467. The molecule has 0 aromatic heterocycles. The lowest BCUT2D eigenvalue weighted by Gasteiger charge is -2.38. The number of rotatable bonds is 3. The Kier molecular flexibility index (Phi) is 3.93. The van der Waals surface area contributed by atoms with Crippen molar-refractivity contribution in [3.63, 3.8) is 0 Å². The maximum absolute atomic E-state index is 9.49. The molecule has 1 saturated heterocycles. The van der Waals surface area contributed by atoms with E-state index in [1.165, 1.54) is 18.5 Å². The monoisotopic (exact) mass is 269 g/mol. The first-order valence-electron chi connectivity index (χ1n) is 7.75. The van der Waals surface area contributed by atoms with Crippen LogP contribution in [0.2, 0.25) is 0 Å². The van der Waals surface area contributed by atoms with Gasteiger partial charge in [0.1, 0.15) is 0 Å². The van der Waals surface area contributed by atoms with Gasteiger partial charge in [0, 0.05) is 38.4 Å². The summed E-state index contributed by atoms with van der Waals surface area (Å²) in [6.07, 6.45) is 4.67. The van der Waals surface area contributed by atoms with E-state index < -0.39 is 0 Å². The summed E-state index contributed by atoms with van der Waals surface area (Å²) < 4.78 is 0. The molecule has 3 rings (SSSR count). The summed E-state index contributed by atoms with van der Waals surface area (Å²) >= 11 is 0. The van der Waals surface area contributed by atoms with E-state index in [4.69, 9.17) is 0 Å². The van der Waals surface area contributed by atoms with Crippen LogP contribution in [0.5, 0.6) is 0 Å². The molecule has 0 bridgehead atoms. The van der Waals surface area contributed by atoms with Gasteiger partial charge in [-0.15, -0.1) is 0 Å². The zero-order valence-electron chi connectivity index (χ0n) is 12.1. The van der Waals surface area contributed by atoms with Gasteiger partial charge in [0.15, 0.2) is 0 Å². The maximum Gasteiger partial charge on any atom is 0.0703 e. The van der Waals surface area contributed by atoms with Crippen molar-refractivity contribution in [3.05, 3.63) is 30.3 Å². The molecule has 2 fully saturated rings. The van der Waals surface area contributed by atoms with Gasteiger partial charge in [-0.25, -0.2) is 0 Å². The average molecular weight is 269 g/mol. The third-order valence-electron chi connectivity index (χ3n) is 4.82. The molecule has 0 amide bonds. The molecule has 0 unspecified atom stereocenters. The molecule has 0 radical (unpaired) electrons. The van der Waals surface area contributed by atoms with Crippen LogP contribution in [0.15, 0.2) is 30.3 Å². The number of hydrogen-bond donors (Lipinski definition) is 0. The molecule has 106 valence electrons. The molecule has 1 aliphatic carbocycles. The standard InChI is InChI=1S/C17H23N3/c18-14-17(8-4-5-9-17)15-19-10-12-20(13-11-19)16-6-2-1-3-7-16/h1-3,6-7H,4-5,8-13,15H2. The lowest BCUT2D eigenvalue weighted by atomic mass is 9.87. The number of hydrogen-bond acceptors (Lipinski definition) is 3. The second kappa shape index (κ2) is 5.85. The minimum atomic E-state index is -0.0467. The van der Waals surface area contributed by atoms with Crippen molar-refractivity contribution >= 4 is 5.69 Å². The third kappa shape index (κ3) is 2.81. The van der Waals surface area contributed by atoms with Gasteiger partial charge in [-0.1, -0.05) is 31.0 Å². The van der Waals surface area contributed by atoms with Crippen LogP contribution < -0.4 is 4.90 Å². The fourth-order valence-electron chi connectivity index (χ4n) is 3.59. The van der Waals surface area contributed by atoms with E-state index in [1.54, 1.807) is 0 Å². The number of nitrogens with zero attached hydrogens (tertiary/aromatic N) is 3. The van der Waals surface area contributed by atoms with Gasteiger partial charge in [0.05, 0.1) is 11.5 Å². The Morgan fingerprint density at radius 3 is 2.25 bits per heavy atom. The fourth-order valence-corrected chi connectivity index (χ4v) is 3.59. The fraction of sp³-hybridized carbons (Fsp3) is 0.588. The highest BCUT2D eigenvalue weighted by molar-refractivity contribution is 5.46. The van der Waals surface area contributed by atoms with Crippen LogP contribution in [0.3, 0.4) is 0 Å². The van der Waals surface area contributed by atoms with E-state index in [1.807, 2.05) is 0 Å². The molecule has 1 saturated carbocycles. The van der Waals surface area contributed by atoms with Crippen molar-refractivity contribution < 1.29 is 0 Å². The van der Waals surface area contributed by atoms with Crippen molar-refractivity contribution in [1.29, 1.82) is 5.26 Å². The Balaban J connectivity index is 1.55. The molecule has 3 nitrogen and oxygen atoms in total. The molecule has 3 heteroatoms. The van der Waals surface area contributed by atoms with Crippen molar-refractivity contribution in [1.82, 2.24) is 4.90 Å². The van der Waals surface area contributed by atoms with Crippen LogP contribution in [0.4, 0.5) is 5.69 Å². The Hall–Kier alpha value is -1.53. The first kappa shape index (κ1) is 13.5. The third-order valence-corrected chi connectivity index (χ3v) is 4.82. The van der Waals surface area contributed by atoms with Crippen LogP contribution in [0.25, 0.3) is 0 Å². The summed E-state index contributed by atoms with van der Waals surface area (Å²) in [4.78, 5) is 4.94. The number of anilines is 1. The smallest absolute Gasteiger partial charge is 0.0703 e. The zero-order chi connectivity index (χ0) is 13.8. The summed E-state index contributed by atoms with van der Waals surface area (Å²) in [5, 5.41) is 9.49. The summed E-state index contributed by atoms with van der Waals surface area (Å²) in [7, 11) is 0. The number of benzene rings is 1. The van der Waals surface area contributed by atoms with Gasteiger partial charge in [-0.2, -0.15) is 5.26 Å². The first-order chi connectivity index (χ1) is 9.81. The Labute approximate surface area is 121 Å². The van der Waals surface area contributed by atoms with Gasteiger partial charge in [-0.05, 0) is 25.0 Å². The van der Waals surface area contributed by atoms with Gasteiger partial charge < -0.3 is 4.90 Å². The van der Waals surface area contributed by atoms with Crippen molar-refractivity contribution in [2.24, 2.45) is 5.41 Å². The molecule has 1 heterocycles. The highest BCUT2D eigenvalue weighted by atomic mass is 15.3. The van der Waals surface area contributed by atoms with Crippen LogP contribution in [0, 0.1) is 16.7 Å². The van der Waals surface area contributed by atoms with Crippen molar-refractivity contribution in [2.75, 3.05) is 37.6 Å². The maximum atomic E-state index is 9.49. The minimum Gasteiger partial charge on any atom is -0.369 e. The van der Waals surface area contributed by atoms with E-state index in [0.29, 0.717) is 0 Å². The highest BCUT2D eigenvalue weighted by Gasteiger charge is 2.36. The summed E-state index contributed by atoms with van der Waals surface area (Å²) in [5.41, 5.74) is 1.28. The summed E-state index contributed by atoms with van der Waals surface area (Å²) in [6, 6.07) is 13.3. The number of nitriles is 1. The van der Waals surface area contributed by atoms with Crippen molar-refractivity contribution in [3.8, 4) is 6.07 Å². The predicted molar refractivity (Wildman–Crippen MR) is 81.6 cm³/mol. The van der Waals surface area contributed by atoms with Gasteiger partial charge in [-0.3, -0.25) is 4.90 Å². The summed E-state index contributed by atoms with van der Waals surface area (Å²) in [5.74, 6) is 0. The predicted octanol–water partition coefficient (Wildman–Crippen LogP) is 2.89. The van der Waals surface area contributed by atoms with Crippen LogP contribution in [-0.4, -0.2) is 37.6 Å². The Morgan fingerprint density at radius 2 is 1.65 bits per heavy atom. The van der Waals surface area contributed by atoms with E-state index in [2.05, 4.69) is 46.2 Å². The van der Waals surface area contributed by atoms with E-state index in [-0.39, 0.29) is 5.41 Å². The zero-order valence-corrected chi connectivity index (χ0v) is 12.1. The topological polar surface area (TPSA) is 30.3 Å². The second-order valence-electron chi connectivity index (χ2n) is 6.20. The lowest BCUT2D eigenvalue weighted by Crippen LogP contribution is -2.49. The molecule has 20 heavy (non-hydrogen) atoms. The molecule has 1 aliphatic heterocycles. The molecule has 0 spiro atoms. The molecular weight excluding hydrogens is 246 g/mol. The highest BCUT2D eigenvalue weighted by Crippen LogP contribution is 2.38. The molecule has 1 aromatic rings. The number of para-hydroxylation sites is 1. The van der Waals surface area contributed by atoms with E-state index in [0.717, 1.165) is 45.6 Å². The molecule has 0 N–H and O–H groups in total. The van der Waals surface area contributed by atoms with Crippen LogP contribution in [-0.2, 0) is 0 Å². The van der Waals surface area contributed by atoms with Gasteiger partial charge >= 0.3 is 0 Å². The van der Waals surface area contributed by atoms with Gasteiger partial charge in [0.2, 0.25) is 0 Å². The van der Waals surface area contributed by atoms with Crippen LogP contribution in [0.1, 0.15) is 25.7 Å². The summed E-state index contributed by atoms with van der Waals surface area (Å²) in [6.45, 7) is 5.29. The molecule has 0 atom stereocenters. The second-order valence-corrected chi connectivity index (χ2v) is 6.20. The average Bonchev–Trinajstić information content (AvgIpc) is 2.98. The molecular formula is C17H23N3.